The van der Waals surface area contributed by atoms with E-state index in [0.717, 1.165) is 31.1 Å². The van der Waals surface area contributed by atoms with Crippen molar-refractivity contribution in [2.75, 3.05) is 37.0 Å². The number of methoxy groups -OCH3 is 1. The van der Waals surface area contributed by atoms with E-state index >= 15 is 0 Å². The third kappa shape index (κ3) is 3.41. The van der Waals surface area contributed by atoms with Crippen LogP contribution in [0.3, 0.4) is 0 Å². The van der Waals surface area contributed by atoms with Crippen LogP contribution < -0.4 is 16.0 Å². The molecule has 0 spiro atoms. The zero-order chi connectivity index (χ0) is 15.5. The zero-order valence-electron chi connectivity index (χ0n) is 12.8. The largest absolute Gasteiger partial charge is 0.377 e. The summed E-state index contributed by atoms with van der Waals surface area (Å²) >= 11 is 0. The third-order valence-electron chi connectivity index (χ3n) is 3.78. The second kappa shape index (κ2) is 6.26. The Morgan fingerprint density at radius 1 is 1.57 bits per heavy atom. The molecule has 1 amide bonds. The molecule has 1 atom stereocenters. The summed E-state index contributed by atoms with van der Waals surface area (Å²) in [6.45, 7) is 6.39. The van der Waals surface area contributed by atoms with Crippen molar-refractivity contribution in [3.8, 4) is 0 Å². The van der Waals surface area contributed by atoms with Gasteiger partial charge in [0.15, 0.2) is 5.82 Å². The van der Waals surface area contributed by atoms with Crippen LogP contribution in [0, 0.1) is 5.41 Å². The summed E-state index contributed by atoms with van der Waals surface area (Å²) in [6, 6.07) is 1.90. The maximum absolute atomic E-state index is 11.6. The van der Waals surface area contributed by atoms with Crippen LogP contribution >= 0.6 is 0 Å². The first-order valence-electron chi connectivity index (χ1n) is 7.14. The summed E-state index contributed by atoms with van der Waals surface area (Å²) < 4.78 is 5.11. The number of nitrogens with two attached hydrogens (primary N) is 1. The van der Waals surface area contributed by atoms with Crippen LogP contribution in [0.1, 0.15) is 26.1 Å². The first-order chi connectivity index (χ1) is 9.98. The molecule has 116 valence electrons. The highest BCUT2D eigenvalue weighted by molar-refractivity contribution is 5.82. The summed E-state index contributed by atoms with van der Waals surface area (Å²) in [6.07, 6.45) is 0.739. The number of amides is 1. The molecule has 0 bridgehead atoms. The van der Waals surface area contributed by atoms with Gasteiger partial charge in [0.05, 0.1) is 5.41 Å². The topological polar surface area (TPSA) is 93.4 Å². The van der Waals surface area contributed by atoms with Gasteiger partial charge in [-0.15, -0.1) is 0 Å². The maximum atomic E-state index is 11.6. The number of rotatable bonds is 6. The minimum atomic E-state index is -0.495. The van der Waals surface area contributed by atoms with E-state index in [1.165, 1.54) is 0 Å². The number of primary amides is 1. The Kier molecular flexibility index (Phi) is 4.62. The Bertz CT molecular complexity index is 498. The number of carbonyl (C=O) groups excluding carboxylic acids is 1. The van der Waals surface area contributed by atoms with Crippen molar-refractivity contribution in [3.63, 3.8) is 0 Å². The molecule has 21 heavy (non-hydrogen) atoms. The molecular weight excluding hydrogens is 270 g/mol. The van der Waals surface area contributed by atoms with E-state index in [9.17, 15) is 4.79 Å². The van der Waals surface area contributed by atoms with Gasteiger partial charge in [0.2, 0.25) is 5.91 Å². The molecule has 7 nitrogen and oxygen atoms in total. The van der Waals surface area contributed by atoms with Gasteiger partial charge < -0.3 is 20.7 Å². The van der Waals surface area contributed by atoms with E-state index in [0.29, 0.717) is 19.0 Å². The van der Waals surface area contributed by atoms with E-state index in [1.807, 2.05) is 19.9 Å². The number of hydrogen-bond acceptors (Lipinski definition) is 6. The molecule has 1 saturated heterocycles. The fraction of sp³-hybridized carbons (Fsp3) is 0.643. The molecule has 0 radical (unpaired) electrons. The number of aromatic nitrogens is 2. The summed E-state index contributed by atoms with van der Waals surface area (Å²) in [4.78, 5) is 22.5. The van der Waals surface area contributed by atoms with E-state index in [2.05, 4.69) is 20.2 Å². The molecule has 2 rings (SSSR count). The van der Waals surface area contributed by atoms with Gasteiger partial charge in [-0.3, -0.25) is 4.79 Å². The molecule has 7 heteroatoms. The smallest absolute Gasteiger partial charge is 0.225 e. The highest BCUT2D eigenvalue weighted by Gasteiger charge is 2.39. The molecule has 1 fully saturated rings. The van der Waals surface area contributed by atoms with Crippen molar-refractivity contribution in [2.24, 2.45) is 11.1 Å². The minimum Gasteiger partial charge on any atom is -0.377 e. The van der Waals surface area contributed by atoms with Gasteiger partial charge in [0.1, 0.15) is 18.2 Å². The summed E-state index contributed by atoms with van der Waals surface area (Å²) in [5.41, 5.74) is 5.00. The Hall–Kier alpha value is -1.89. The SMILES string of the molecule is CCNc1cc(N2CCC(C)(C(N)=O)C2)nc(COC)n1. The minimum absolute atomic E-state index is 0.261. The summed E-state index contributed by atoms with van der Waals surface area (Å²) in [7, 11) is 1.61. The Balaban J connectivity index is 2.24. The molecule has 1 aliphatic rings. The lowest BCUT2D eigenvalue weighted by Gasteiger charge is -2.22. The van der Waals surface area contributed by atoms with E-state index in [4.69, 9.17) is 10.5 Å². The quantitative estimate of drug-likeness (QED) is 0.804. The molecule has 1 aromatic rings. The number of hydrogen-bond donors (Lipinski definition) is 2. The monoisotopic (exact) mass is 293 g/mol. The van der Waals surface area contributed by atoms with Crippen molar-refractivity contribution in [1.82, 2.24) is 9.97 Å². The number of nitrogens with one attached hydrogen (secondary N) is 1. The Morgan fingerprint density at radius 2 is 2.33 bits per heavy atom. The van der Waals surface area contributed by atoms with Crippen molar-refractivity contribution in [1.29, 1.82) is 0 Å². The van der Waals surface area contributed by atoms with Crippen molar-refractivity contribution >= 4 is 17.5 Å². The van der Waals surface area contributed by atoms with Gasteiger partial charge in [0.25, 0.3) is 0 Å². The predicted octanol–water partition coefficient (Wildman–Crippen LogP) is 0.756. The van der Waals surface area contributed by atoms with E-state index in [1.54, 1.807) is 7.11 Å². The molecule has 1 unspecified atom stereocenters. The molecule has 2 heterocycles. The van der Waals surface area contributed by atoms with Crippen molar-refractivity contribution in [3.05, 3.63) is 11.9 Å². The van der Waals surface area contributed by atoms with Crippen LogP contribution in [0.4, 0.5) is 11.6 Å². The molecule has 0 aromatic carbocycles. The molecule has 1 aromatic heterocycles. The molecule has 0 aliphatic carbocycles. The van der Waals surface area contributed by atoms with Crippen LogP contribution in [0.2, 0.25) is 0 Å². The number of anilines is 2. The van der Waals surface area contributed by atoms with Crippen molar-refractivity contribution in [2.45, 2.75) is 26.9 Å². The lowest BCUT2D eigenvalue weighted by atomic mass is 9.89. The third-order valence-corrected chi connectivity index (χ3v) is 3.78. The zero-order valence-corrected chi connectivity index (χ0v) is 12.8. The second-order valence-electron chi connectivity index (χ2n) is 5.59. The van der Waals surface area contributed by atoms with E-state index < -0.39 is 5.41 Å². The first-order valence-corrected chi connectivity index (χ1v) is 7.14. The normalized spacial score (nSPS) is 21.6. The van der Waals surface area contributed by atoms with Gasteiger partial charge in [0, 0.05) is 32.8 Å². The number of nitrogens with zero attached hydrogens (tertiary/aromatic N) is 3. The standard InChI is InChI=1S/C14H23N5O2/c1-4-16-10-7-12(18-11(17-10)8-21-3)19-6-5-14(2,9-19)13(15)20/h7H,4-6,8-9H2,1-3H3,(H2,15,20)(H,16,17,18). The maximum Gasteiger partial charge on any atom is 0.225 e. The van der Waals surface area contributed by atoms with Crippen LogP contribution in [0.15, 0.2) is 6.07 Å². The average molecular weight is 293 g/mol. The van der Waals surface area contributed by atoms with Gasteiger partial charge in [-0.1, -0.05) is 0 Å². The highest BCUT2D eigenvalue weighted by Crippen LogP contribution is 2.32. The molecular formula is C14H23N5O2. The highest BCUT2D eigenvalue weighted by atomic mass is 16.5. The second-order valence-corrected chi connectivity index (χ2v) is 5.59. The van der Waals surface area contributed by atoms with Crippen LogP contribution in [0.25, 0.3) is 0 Å². The number of carbonyl (C=O) groups is 1. The Morgan fingerprint density at radius 3 is 2.90 bits per heavy atom. The average Bonchev–Trinajstić information content (AvgIpc) is 2.83. The van der Waals surface area contributed by atoms with E-state index in [-0.39, 0.29) is 5.91 Å². The number of ether oxygens (including phenoxy) is 1. The van der Waals surface area contributed by atoms with Gasteiger partial charge in [-0.05, 0) is 20.3 Å². The van der Waals surface area contributed by atoms with Gasteiger partial charge in [-0.2, -0.15) is 0 Å². The van der Waals surface area contributed by atoms with Crippen molar-refractivity contribution < 1.29 is 9.53 Å². The first kappa shape index (κ1) is 15.5. The fourth-order valence-electron chi connectivity index (χ4n) is 2.47. The molecule has 0 saturated carbocycles. The van der Waals surface area contributed by atoms with Crippen LogP contribution in [-0.4, -0.2) is 42.6 Å². The van der Waals surface area contributed by atoms with Gasteiger partial charge >= 0.3 is 0 Å². The summed E-state index contributed by atoms with van der Waals surface area (Å²) in [5.74, 6) is 1.93. The fourth-order valence-corrected chi connectivity index (χ4v) is 2.47. The van der Waals surface area contributed by atoms with Crippen LogP contribution in [-0.2, 0) is 16.1 Å². The van der Waals surface area contributed by atoms with Gasteiger partial charge in [-0.25, -0.2) is 9.97 Å². The predicted molar refractivity (Wildman–Crippen MR) is 81.0 cm³/mol. The van der Waals surface area contributed by atoms with Crippen LogP contribution in [0.5, 0.6) is 0 Å². The summed E-state index contributed by atoms with van der Waals surface area (Å²) in [5, 5.41) is 3.19. The lowest BCUT2D eigenvalue weighted by Crippen LogP contribution is -2.37. The molecule has 1 aliphatic heterocycles. The Labute approximate surface area is 124 Å². The lowest BCUT2D eigenvalue weighted by molar-refractivity contribution is -0.125. The molecule has 3 N–H and O–H groups in total.